The Bertz CT molecular complexity index is 456. The lowest BCUT2D eigenvalue weighted by atomic mass is 9.84. The summed E-state index contributed by atoms with van der Waals surface area (Å²) < 4.78 is 0. The van der Waals surface area contributed by atoms with Crippen LogP contribution in [0.25, 0.3) is 0 Å². The van der Waals surface area contributed by atoms with Crippen LogP contribution in [-0.4, -0.2) is 16.9 Å². The fourth-order valence-electron chi connectivity index (χ4n) is 3.80. The summed E-state index contributed by atoms with van der Waals surface area (Å²) in [4.78, 5) is 14.9. The van der Waals surface area contributed by atoms with Gasteiger partial charge in [-0.1, -0.05) is 18.0 Å². The van der Waals surface area contributed by atoms with Crippen molar-refractivity contribution in [1.29, 1.82) is 0 Å². The van der Waals surface area contributed by atoms with Gasteiger partial charge in [-0.3, -0.25) is 4.79 Å². The molecule has 0 radical (unpaired) electrons. The average Bonchev–Trinajstić information content (AvgIpc) is 3.03. The Morgan fingerprint density at radius 2 is 2.33 bits per heavy atom. The van der Waals surface area contributed by atoms with E-state index in [1.807, 2.05) is 0 Å². The van der Waals surface area contributed by atoms with E-state index in [0.29, 0.717) is 16.6 Å². The molecule has 98 valence electrons. The number of fused-ring (bicyclic) bond motifs is 2. The first kappa shape index (κ1) is 12.1. The highest BCUT2D eigenvalue weighted by Gasteiger charge is 2.42. The minimum Gasteiger partial charge on any atom is -0.356 e. The molecule has 2 aliphatic rings. The molecule has 2 bridgehead atoms. The lowest BCUT2D eigenvalue weighted by Gasteiger charge is -2.28. The highest BCUT2D eigenvalue weighted by Crippen LogP contribution is 2.49. The van der Waals surface area contributed by atoms with E-state index in [-0.39, 0.29) is 11.9 Å². The van der Waals surface area contributed by atoms with Crippen LogP contribution in [0.3, 0.4) is 0 Å². The number of carbonyl (C=O) groups excluding carboxylic acids is 1. The molecule has 1 heterocycles. The maximum Gasteiger partial charge on any atom is 0.267 e. The summed E-state index contributed by atoms with van der Waals surface area (Å²) in [5.41, 5.74) is 0.551. The molecule has 18 heavy (non-hydrogen) atoms. The van der Waals surface area contributed by atoms with E-state index < -0.39 is 0 Å². The van der Waals surface area contributed by atoms with E-state index in [1.165, 1.54) is 25.7 Å². The van der Waals surface area contributed by atoms with Crippen molar-refractivity contribution in [3.05, 3.63) is 23.0 Å². The number of rotatable bonds is 3. The molecule has 2 saturated carbocycles. The molecular formula is C14H19ClN2O. The molecule has 4 atom stereocenters. The first-order valence-corrected chi connectivity index (χ1v) is 7.16. The summed E-state index contributed by atoms with van der Waals surface area (Å²) in [7, 11) is 0. The monoisotopic (exact) mass is 266 g/mol. The quantitative estimate of drug-likeness (QED) is 0.867. The molecule has 1 aromatic rings. The number of hydrogen-bond donors (Lipinski definition) is 2. The third kappa shape index (κ3) is 2.16. The van der Waals surface area contributed by atoms with Gasteiger partial charge < -0.3 is 10.3 Å². The van der Waals surface area contributed by atoms with Crippen LogP contribution in [-0.2, 0) is 0 Å². The normalized spacial score (nSPS) is 31.6. The zero-order valence-corrected chi connectivity index (χ0v) is 11.3. The molecule has 0 unspecified atom stereocenters. The summed E-state index contributed by atoms with van der Waals surface area (Å²) in [5, 5.41) is 3.68. The molecule has 0 saturated heterocycles. The maximum atomic E-state index is 12.0. The van der Waals surface area contributed by atoms with Gasteiger partial charge >= 0.3 is 0 Å². The van der Waals surface area contributed by atoms with Gasteiger partial charge in [0.1, 0.15) is 5.69 Å². The van der Waals surface area contributed by atoms with Crippen LogP contribution in [0.5, 0.6) is 0 Å². The largest absolute Gasteiger partial charge is 0.356 e. The third-order valence-corrected chi connectivity index (χ3v) is 4.90. The van der Waals surface area contributed by atoms with Crippen LogP contribution >= 0.6 is 11.6 Å². The van der Waals surface area contributed by atoms with Crippen molar-refractivity contribution in [3.63, 3.8) is 0 Å². The lowest BCUT2D eigenvalue weighted by Crippen LogP contribution is -2.40. The molecule has 0 aromatic carbocycles. The Morgan fingerprint density at radius 3 is 2.89 bits per heavy atom. The Hall–Kier alpha value is -0.960. The van der Waals surface area contributed by atoms with Crippen molar-refractivity contribution in [2.45, 2.75) is 38.6 Å². The van der Waals surface area contributed by atoms with Crippen molar-refractivity contribution < 1.29 is 4.79 Å². The molecule has 0 spiro atoms. The predicted molar refractivity (Wildman–Crippen MR) is 71.7 cm³/mol. The number of aromatic nitrogens is 1. The SMILES string of the molecule is C[C@H](NC(=O)c1cc(Cl)c[nH]1)[C@H]1C[C@H]2CC[C@H]1C2. The number of H-pyrrole nitrogens is 1. The second kappa shape index (κ2) is 4.61. The molecule has 2 aliphatic carbocycles. The van der Waals surface area contributed by atoms with Gasteiger partial charge in [0.25, 0.3) is 5.91 Å². The number of hydrogen-bond acceptors (Lipinski definition) is 1. The highest BCUT2D eigenvalue weighted by atomic mass is 35.5. The van der Waals surface area contributed by atoms with E-state index in [1.54, 1.807) is 12.3 Å². The topological polar surface area (TPSA) is 44.9 Å². The van der Waals surface area contributed by atoms with Crippen molar-refractivity contribution >= 4 is 17.5 Å². The minimum atomic E-state index is -0.0443. The van der Waals surface area contributed by atoms with Crippen molar-refractivity contribution in [3.8, 4) is 0 Å². The molecule has 1 aromatic heterocycles. The Kier molecular flexibility index (Phi) is 3.10. The van der Waals surface area contributed by atoms with Gasteiger partial charge in [-0.25, -0.2) is 0 Å². The number of nitrogens with one attached hydrogen (secondary N) is 2. The Morgan fingerprint density at radius 1 is 1.50 bits per heavy atom. The highest BCUT2D eigenvalue weighted by molar-refractivity contribution is 6.30. The standard InChI is InChI=1S/C14H19ClN2O/c1-8(12-5-9-2-3-10(12)4-9)17-14(18)13-6-11(15)7-16-13/h6-10,12,16H,2-5H2,1H3,(H,17,18)/t8-,9-,10-,12+/m0/s1. The van der Waals surface area contributed by atoms with Crippen molar-refractivity contribution in [2.24, 2.45) is 17.8 Å². The van der Waals surface area contributed by atoms with Gasteiger partial charge in [0.05, 0.1) is 5.02 Å². The minimum absolute atomic E-state index is 0.0443. The van der Waals surface area contributed by atoms with E-state index in [4.69, 9.17) is 11.6 Å². The van der Waals surface area contributed by atoms with Gasteiger partial charge in [0, 0.05) is 12.2 Å². The van der Waals surface area contributed by atoms with Gasteiger partial charge in [0.15, 0.2) is 0 Å². The molecule has 0 aliphatic heterocycles. The van der Waals surface area contributed by atoms with Crippen LogP contribution in [0, 0.1) is 17.8 Å². The number of halogens is 1. The first-order valence-electron chi connectivity index (χ1n) is 6.78. The van der Waals surface area contributed by atoms with E-state index in [0.717, 1.165) is 11.8 Å². The fourth-order valence-corrected chi connectivity index (χ4v) is 3.96. The summed E-state index contributed by atoms with van der Waals surface area (Å²) in [5.74, 6) is 2.37. The van der Waals surface area contributed by atoms with Crippen LogP contribution in [0.4, 0.5) is 0 Å². The number of amides is 1. The van der Waals surface area contributed by atoms with Crippen LogP contribution < -0.4 is 5.32 Å². The van der Waals surface area contributed by atoms with Crippen LogP contribution in [0.15, 0.2) is 12.3 Å². The Balaban J connectivity index is 1.61. The van der Waals surface area contributed by atoms with E-state index in [2.05, 4.69) is 17.2 Å². The smallest absolute Gasteiger partial charge is 0.267 e. The van der Waals surface area contributed by atoms with Crippen molar-refractivity contribution in [2.75, 3.05) is 0 Å². The van der Waals surface area contributed by atoms with Gasteiger partial charge in [-0.2, -0.15) is 0 Å². The van der Waals surface area contributed by atoms with Crippen LogP contribution in [0.2, 0.25) is 5.02 Å². The Labute approximate surface area is 112 Å². The molecule has 4 heteroatoms. The van der Waals surface area contributed by atoms with Gasteiger partial charge in [0.2, 0.25) is 0 Å². The van der Waals surface area contributed by atoms with Gasteiger partial charge in [-0.05, 0) is 50.0 Å². The number of carbonyl (C=O) groups is 1. The molecular weight excluding hydrogens is 248 g/mol. The van der Waals surface area contributed by atoms with E-state index in [9.17, 15) is 4.79 Å². The summed E-state index contributed by atoms with van der Waals surface area (Å²) >= 11 is 5.81. The van der Waals surface area contributed by atoms with Crippen molar-refractivity contribution in [1.82, 2.24) is 10.3 Å². The zero-order valence-electron chi connectivity index (χ0n) is 10.6. The van der Waals surface area contributed by atoms with E-state index >= 15 is 0 Å². The predicted octanol–water partition coefficient (Wildman–Crippen LogP) is 3.22. The zero-order chi connectivity index (χ0) is 12.7. The molecule has 3 nitrogen and oxygen atoms in total. The molecule has 2 N–H and O–H groups in total. The molecule has 1 amide bonds. The summed E-state index contributed by atoms with van der Waals surface area (Å²) in [6.07, 6.45) is 7.05. The summed E-state index contributed by atoms with van der Waals surface area (Å²) in [6.45, 7) is 2.13. The first-order chi connectivity index (χ1) is 8.63. The molecule has 2 fully saturated rings. The lowest BCUT2D eigenvalue weighted by molar-refractivity contribution is 0.0911. The second-order valence-corrected chi connectivity index (χ2v) is 6.27. The number of aromatic amines is 1. The maximum absolute atomic E-state index is 12.0. The fraction of sp³-hybridized carbons (Fsp3) is 0.643. The van der Waals surface area contributed by atoms with Crippen LogP contribution in [0.1, 0.15) is 43.1 Å². The third-order valence-electron chi connectivity index (χ3n) is 4.69. The average molecular weight is 267 g/mol. The molecule has 3 rings (SSSR count). The van der Waals surface area contributed by atoms with Gasteiger partial charge in [-0.15, -0.1) is 0 Å². The second-order valence-electron chi connectivity index (χ2n) is 5.83. The summed E-state index contributed by atoms with van der Waals surface area (Å²) in [6, 6.07) is 1.93.